The van der Waals surface area contributed by atoms with Crippen molar-refractivity contribution in [3.8, 4) is 10.9 Å². The molecule has 1 aliphatic heterocycles. The second kappa shape index (κ2) is 7.60. The molecule has 0 spiro atoms. The fraction of sp³-hybridized carbons (Fsp3) is 0.300. The molecule has 4 nitrogen and oxygen atoms in total. The van der Waals surface area contributed by atoms with Gasteiger partial charge < -0.3 is 9.64 Å². The molecule has 4 rings (SSSR count). The van der Waals surface area contributed by atoms with Crippen molar-refractivity contribution in [1.29, 1.82) is 0 Å². The van der Waals surface area contributed by atoms with E-state index in [0.29, 0.717) is 27.6 Å². The molecule has 0 unspecified atom stereocenters. The van der Waals surface area contributed by atoms with Gasteiger partial charge in [0.25, 0.3) is 5.19 Å². The van der Waals surface area contributed by atoms with Crippen LogP contribution in [0.1, 0.15) is 24.8 Å². The summed E-state index contributed by atoms with van der Waals surface area (Å²) in [5.74, 6) is -1.12. The number of amides is 1. The molecule has 0 aliphatic carbocycles. The molecule has 1 saturated heterocycles. The van der Waals surface area contributed by atoms with Gasteiger partial charge in [0, 0.05) is 19.2 Å². The standard InChI is InChI=1S/C20H18F2N2O2S/c21-15-11-17-18(12-16(15)22)27-20(23-17)26-14-6-4-13(5-7-14)10-19(25)24-8-2-1-3-9-24/h4-7,11-12H,1-3,8-10H2. The van der Waals surface area contributed by atoms with Crippen molar-refractivity contribution in [1.82, 2.24) is 9.88 Å². The molecule has 0 saturated carbocycles. The van der Waals surface area contributed by atoms with E-state index in [-0.39, 0.29) is 5.91 Å². The molecule has 0 atom stereocenters. The van der Waals surface area contributed by atoms with Gasteiger partial charge in [0.05, 0.1) is 16.6 Å². The van der Waals surface area contributed by atoms with Crippen LogP contribution < -0.4 is 4.74 Å². The first-order valence-corrected chi connectivity index (χ1v) is 9.70. The molecule has 140 valence electrons. The maximum absolute atomic E-state index is 13.3. The molecule has 3 aromatic rings. The maximum atomic E-state index is 13.3. The zero-order valence-corrected chi connectivity index (χ0v) is 15.4. The van der Waals surface area contributed by atoms with Gasteiger partial charge in [-0.1, -0.05) is 23.5 Å². The molecule has 1 fully saturated rings. The van der Waals surface area contributed by atoms with E-state index in [0.717, 1.165) is 55.0 Å². The third kappa shape index (κ3) is 4.08. The van der Waals surface area contributed by atoms with Gasteiger partial charge >= 0.3 is 0 Å². The number of fused-ring (bicyclic) bond motifs is 1. The molecule has 0 bridgehead atoms. The van der Waals surface area contributed by atoms with Gasteiger partial charge in [0.2, 0.25) is 5.91 Å². The fourth-order valence-corrected chi connectivity index (χ4v) is 3.99. The summed E-state index contributed by atoms with van der Waals surface area (Å²) in [4.78, 5) is 18.4. The summed E-state index contributed by atoms with van der Waals surface area (Å²) in [5, 5.41) is 0.312. The first-order valence-electron chi connectivity index (χ1n) is 8.89. The number of likely N-dealkylation sites (tertiary alicyclic amines) is 1. The van der Waals surface area contributed by atoms with Gasteiger partial charge in [-0.25, -0.2) is 13.8 Å². The van der Waals surface area contributed by atoms with E-state index in [1.54, 1.807) is 12.1 Å². The Hall–Kier alpha value is -2.54. The normalized spacial score (nSPS) is 14.5. The molecule has 2 heterocycles. The van der Waals surface area contributed by atoms with E-state index in [1.807, 2.05) is 17.0 Å². The van der Waals surface area contributed by atoms with E-state index < -0.39 is 11.6 Å². The maximum Gasteiger partial charge on any atom is 0.279 e. The van der Waals surface area contributed by atoms with E-state index in [4.69, 9.17) is 4.74 Å². The topological polar surface area (TPSA) is 42.4 Å². The van der Waals surface area contributed by atoms with Crippen LogP contribution in [0.15, 0.2) is 36.4 Å². The van der Waals surface area contributed by atoms with Crippen molar-refractivity contribution in [3.05, 3.63) is 53.6 Å². The SMILES string of the molecule is O=C(Cc1ccc(Oc2nc3cc(F)c(F)cc3s2)cc1)N1CCCCC1. The van der Waals surface area contributed by atoms with Gasteiger partial charge in [-0.3, -0.25) is 4.79 Å². The Morgan fingerprint density at radius 3 is 2.52 bits per heavy atom. The van der Waals surface area contributed by atoms with Crippen LogP contribution in [0.25, 0.3) is 10.2 Å². The van der Waals surface area contributed by atoms with Gasteiger partial charge in [-0.15, -0.1) is 0 Å². The number of thiazole rings is 1. The highest BCUT2D eigenvalue weighted by Crippen LogP contribution is 2.32. The largest absolute Gasteiger partial charge is 0.431 e. The first-order chi connectivity index (χ1) is 13.1. The molecule has 2 aromatic carbocycles. The third-order valence-electron chi connectivity index (χ3n) is 4.60. The van der Waals surface area contributed by atoms with Crippen LogP contribution in [0.5, 0.6) is 10.9 Å². The molecule has 27 heavy (non-hydrogen) atoms. The predicted octanol–water partition coefficient (Wildman–Crippen LogP) is 4.92. The van der Waals surface area contributed by atoms with Crippen molar-refractivity contribution in [2.24, 2.45) is 0 Å². The van der Waals surface area contributed by atoms with E-state index in [2.05, 4.69) is 4.98 Å². The number of hydrogen-bond acceptors (Lipinski definition) is 4. The number of rotatable bonds is 4. The number of benzene rings is 2. The number of piperidine rings is 1. The number of halogens is 2. The molecule has 1 aromatic heterocycles. The van der Waals surface area contributed by atoms with Gasteiger partial charge in [-0.2, -0.15) is 0 Å². The van der Waals surface area contributed by atoms with Crippen molar-refractivity contribution in [3.63, 3.8) is 0 Å². The smallest absolute Gasteiger partial charge is 0.279 e. The predicted molar refractivity (Wildman–Crippen MR) is 100 cm³/mol. The summed E-state index contributed by atoms with van der Waals surface area (Å²) in [6.07, 6.45) is 3.73. The Bertz CT molecular complexity index is 927. The fourth-order valence-electron chi connectivity index (χ4n) is 3.15. The average Bonchev–Trinajstić information content (AvgIpc) is 3.05. The highest BCUT2D eigenvalue weighted by Gasteiger charge is 2.16. The lowest BCUT2D eigenvalue weighted by Gasteiger charge is -2.26. The number of aromatic nitrogens is 1. The van der Waals surface area contributed by atoms with Gasteiger partial charge in [0.15, 0.2) is 11.6 Å². The summed E-state index contributed by atoms with van der Waals surface area (Å²) in [5.41, 5.74) is 1.28. The van der Waals surface area contributed by atoms with E-state index in [1.165, 1.54) is 6.42 Å². The lowest BCUT2D eigenvalue weighted by molar-refractivity contribution is -0.131. The number of carbonyl (C=O) groups is 1. The Morgan fingerprint density at radius 1 is 1.07 bits per heavy atom. The Labute approximate surface area is 159 Å². The van der Waals surface area contributed by atoms with Crippen LogP contribution in [0.2, 0.25) is 0 Å². The zero-order valence-electron chi connectivity index (χ0n) is 14.6. The minimum atomic E-state index is -0.929. The Morgan fingerprint density at radius 2 is 1.78 bits per heavy atom. The van der Waals surface area contributed by atoms with Crippen LogP contribution in [-0.4, -0.2) is 28.9 Å². The van der Waals surface area contributed by atoms with Crippen LogP contribution in [0.4, 0.5) is 8.78 Å². The summed E-state index contributed by atoms with van der Waals surface area (Å²) < 4.78 is 32.8. The highest BCUT2D eigenvalue weighted by atomic mass is 32.1. The van der Waals surface area contributed by atoms with Crippen molar-refractivity contribution < 1.29 is 18.3 Å². The lowest BCUT2D eigenvalue weighted by atomic mass is 10.1. The molecule has 0 N–H and O–H groups in total. The summed E-state index contributed by atoms with van der Waals surface area (Å²) in [6, 6.07) is 9.42. The minimum absolute atomic E-state index is 0.151. The molecule has 7 heteroatoms. The van der Waals surface area contributed by atoms with E-state index >= 15 is 0 Å². The van der Waals surface area contributed by atoms with E-state index in [9.17, 15) is 13.6 Å². The monoisotopic (exact) mass is 388 g/mol. The van der Waals surface area contributed by atoms with Crippen LogP contribution >= 0.6 is 11.3 Å². The molecular weight excluding hydrogens is 370 g/mol. The molecule has 1 aliphatic rings. The number of ether oxygens (including phenoxy) is 1. The van der Waals surface area contributed by atoms with Crippen molar-refractivity contribution in [2.45, 2.75) is 25.7 Å². The van der Waals surface area contributed by atoms with Gasteiger partial charge in [-0.05, 0) is 43.0 Å². The summed E-state index contributed by atoms with van der Waals surface area (Å²) in [7, 11) is 0. The highest BCUT2D eigenvalue weighted by molar-refractivity contribution is 7.20. The summed E-state index contributed by atoms with van der Waals surface area (Å²) >= 11 is 1.15. The molecule has 1 amide bonds. The minimum Gasteiger partial charge on any atom is -0.431 e. The van der Waals surface area contributed by atoms with Crippen molar-refractivity contribution >= 4 is 27.5 Å². The quantitative estimate of drug-likeness (QED) is 0.637. The van der Waals surface area contributed by atoms with Crippen LogP contribution in [0, 0.1) is 11.6 Å². The number of carbonyl (C=O) groups excluding carboxylic acids is 1. The van der Waals surface area contributed by atoms with Gasteiger partial charge in [0.1, 0.15) is 5.75 Å². The average molecular weight is 388 g/mol. The first kappa shape index (κ1) is 17.9. The lowest BCUT2D eigenvalue weighted by Crippen LogP contribution is -2.36. The number of hydrogen-bond donors (Lipinski definition) is 0. The Kier molecular flexibility index (Phi) is 5.03. The number of nitrogens with zero attached hydrogens (tertiary/aromatic N) is 2. The summed E-state index contributed by atoms with van der Waals surface area (Å²) in [6.45, 7) is 1.69. The third-order valence-corrected chi connectivity index (χ3v) is 5.50. The van der Waals surface area contributed by atoms with Crippen molar-refractivity contribution in [2.75, 3.05) is 13.1 Å². The Balaban J connectivity index is 1.42. The second-order valence-corrected chi connectivity index (χ2v) is 7.57. The second-order valence-electron chi connectivity index (χ2n) is 6.58. The molecular formula is C20H18F2N2O2S. The zero-order chi connectivity index (χ0) is 18.8. The molecule has 0 radical (unpaired) electrons. The van der Waals surface area contributed by atoms with Crippen LogP contribution in [-0.2, 0) is 11.2 Å². The van der Waals surface area contributed by atoms with Crippen LogP contribution in [0.3, 0.4) is 0 Å².